The van der Waals surface area contributed by atoms with Crippen molar-refractivity contribution in [3.63, 3.8) is 0 Å². The number of unbranched alkanes of at least 4 members (excludes halogenated alkanes) is 5. The zero-order valence-corrected chi connectivity index (χ0v) is 27.0. The lowest BCUT2D eigenvalue weighted by molar-refractivity contribution is -0.284. The Morgan fingerprint density at radius 2 is 1.64 bits per heavy atom. The highest BCUT2D eigenvalue weighted by molar-refractivity contribution is 5.41. The van der Waals surface area contributed by atoms with Crippen LogP contribution in [0.2, 0.25) is 0 Å². The van der Waals surface area contributed by atoms with E-state index in [9.17, 15) is 32.2 Å². The van der Waals surface area contributed by atoms with Crippen LogP contribution in [0.3, 0.4) is 0 Å². The van der Waals surface area contributed by atoms with Crippen molar-refractivity contribution in [3.8, 4) is 5.75 Å². The number of phenolic OH excluding ortho intramolecular Hbond substituents is 1. The minimum Gasteiger partial charge on any atom is -0.508 e. The van der Waals surface area contributed by atoms with E-state index in [1.807, 2.05) is 19.1 Å². The van der Waals surface area contributed by atoms with E-state index >= 15 is 4.39 Å². The summed E-state index contributed by atoms with van der Waals surface area (Å²) in [5.41, 5.74) is 0.834. The van der Waals surface area contributed by atoms with Crippen LogP contribution < -0.4 is 0 Å². The molecule has 1 aromatic rings. The van der Waals surface area contributed by atoms with Gasteiger partial charge in [0.05, 0.1) is 5.60 Å². The van der Waals surface area contributed by atoms with E-state index in [2.05, 4.69) is 11.8 Å². The van der Waals surface area contributed by atoms with Crippen molar-refractivity contribution in [3.05, 3.63) is 29.3 Å². The van der Waals surface area contributed by atoms with Gasteiger partial charge in [0.2, 0.25) is 0 Å². The highest BCUT2D eigenvalue weighted by atomic mass is 19.4. The van der Waals surface area contributed by atoms with Gasteiger partial charge in [0.1, 0.15) is 11.9 Å². The number of rotatable bonds is 13. The molecule has 9 heteroatoms. The van der Waals surface area contributed by atoms with Crippen molar-refractivity contribution in [2.75, 3.05) is 13.1 Å². The smallest absolute Gasteiger partial charge is 0.453 e. The maximum atomic E-state index is 16.1. The van der Waals surface area contributed by atoms with Crippen LogP contribution in [0.15, 0.2) is 18.2 Å². The van der Waals surface area contributed by atoms with Gasteiger partial charge < -0.3 is 15.1 Å². The molecule has 1 aromatic carbocycles. The molecule has 5 rings (SSSR count). The van der Waals surface area contributed by atoms with Gasteiger partial charge in [-0.2, -0.15) is 22.0 Å². The molecule has 3 aliphatic carbocycles. The average molecular weight is 646 g/mol. The fraction of sp³-hybridized carbons (Fsp3) is 0.833. The first-order valence-corrected chi connectivity index (χ1v) is 17.5. The van der Waals surface area contributed by atoms with E-state index in [4.69, 9.17) is 0 Å². The molecule has 3 fully saturated rings. The number of hydrogen-bond acceptors (Lipinski definition) is 3. The molecule has 1 saturated heterocycles. The van der Waals surface area contributed by atoms with E-state index in [0.717, 1.165) is 88.4 Å². The number of hydrogen-bond donors (Lipinski definition) is 2. The van der Waals surface area contributed by atoms with Gasteiger partial charge in [-0.1, -0.05) is 45.1 Å². The number of phenols is 1. The highest BCUT2D eigenvalue weighted by Gasteiger charge is 2.63. The summed E-state index contributed by atoms with van der Waals surface area (Å²) in [5, 5.41) is 21.5. The lowest BCUT2D eigenvalue weighted by atomic mass is 9.50. The Bertz CT molecular complexity index is 1140. The van der Waals surface area contributed by atoms with Gasteiger partial charge in [-0.05, 0) is 125 Å². The molecule has 1 aliphatic heterocycles. The largest absolute Gasteiger partial charge is 0.508 e. The molecule has 0 spiro atoms. The predicted octanol–water partition coefficient (Wildman–Crippen LogP) is 9.74. The molecule has 2 N–H and O–H groups in total. The van der Waals surface area contributed by atoms with Crippen LogP contribution in [0.1, 0.15) is 127 Å². The first-order valence-electron chi connectivity index (χ1n) is 17.5. The Balaban J connectivity index is 1.09. The second kappa shape index (κ2) is 13.6. The molecule has 0 amide bonds. The number of halogens is 6. The zero-order valence-electron chi connectivity index (χ0n) is 27.0. The Morgan fingerprint density at radius 3 is 2.40 bits per heavy atom. The number of nitrogens with zero attached hydrogens (tertiary/aromatic N) is 1. The standard InChI is InChI=1S/C36H53F6NO2/c1-33-23-30(37)32-28-15-14-27(44)22-25(28)21-24(31(32)29(33)16-18-34(33,2)45)11-6-5-9-19-43-20-10-13-26(43)12-7-3-4-8-17-35(38,39)36(40,41)42/h14-15,22,24,26,29-32,44-45H,3-13,16-21,23H2,1-2H3/t24-,26-,29+,30+,31+,32+,33+,34-/m1/s1. The molecule has 8 atom stereocenters. The summed E-state index contributed by atoms with van der Waals surface area (Å²) in [6.45, 7) is 6.06. The monoisotopic (exact) mass is 645 g/mol. The zero-order chi connectivity index (χ0) is 32.6. The van der Waals surface area contributed by atoms with Gasteiger partial charge in [-0.25, -0.2) is 4.39 Å². The molecule has 256 valence electrons. The number of fused-ring (bicyclic) bond motifs is 5. The fourth-order valence-electron chi connectivity index (χ4n) is 9.92. The van der Waals surface area contributed by atoms with Gasteiger partial charge in [0, 0.05) is 23.8 Å². The van der Waals surface area contributed by atoms with Crippen LogP contribution >= 0.6 is 0 Å². The lowest BCUT2D eigenvalue weighted by Gasteiger charge is -2.56. The normalized spacial score (nSPS) is 35.3. The molecule has 0 aromatic heterocycles. The Hall–Kier alpha value is -1.48. The maximum absolute atomic E-state index is 16.1. The predicted molar refractivity (Wildman–Crippen MR) is 164 cm³/mol. The molecule has 3 nitrogen and oxygen atoms in total. The van der Waals surface area contributed by atoms with E-state index in [-0.39, 0.29) is 29.9 Å². The summed E-state index contributed by atoms with van der Waals surface area (Å²) in [6, 6.07) is 5.91. The summed E-state index contributed by atoms with van der Waals surface area (Å²) in [4.78, 5) is 2.52. The quantitative estimate of drug-likeness (QED) is 0.166. The van der Waals surface area contributed by atoms with Crippen molar-refractivity contribution < 1.29 is 36.6 Å². The number of aromatic hydroxyl groups is 1. The third kappa shape index (κ3) is 7.19. The van der Waals surface area contributed by atoms with Crippen molar-refractivity contribution >= 4 is 0 Å². The van der Waals surface area contributed by atoms with Crippen molar-refractivity contribution in [1.82, 2.24) is 4.90 Å². The first-order chi connectivity index (χ1) is 21.1. The maximum Gasteiger partial charge on any atom is 0.453 e. The van der Waals surface area contributed by atoms with Gasteiger partial charge >= 0.3 is 12.1 Å². The van der Waals surface area contributed by atoms with Crippen LogP contribution in [0.5, 0.6) is 5.75 Å². The number of likely N-dealkylation sites (tertiary alicyclic amines) is 1. The SMILES string of the molecule is C[C@]12C[C@H](F)[C@@H]3c4ccc(O)cc4C[C@@H](CCCCCN4CCC[C@H]4CCCCCCC(F)(F)C(F)(F)F)[C@H]3[C@@H]1CC[C@@]2(C)O. The van der Waals surface area contributed by atoms with Crippen molar-refractivity contribution in [2.24, 2.45) is 23.2 Å². The molecule has 45 heavy (non-hydrogen) atoms. The Morgan fingerprint density at radius 1 is 0.933 bits per heavy atom. The van der Waals surface area contributed by atoms with Crippen LogP contribution in [-0.4, -0.2) is 58.1 Å². The van der Waals surface area contributed by atoms with Crippen LogP contribution in [0, 0.1) is 23.2 Å². The second-order valence-corrected chi connectivity index (χ2v) is 15.3. The topological polar surface area (TPSA) is 43.7 Å². The fourth-order valence-corrected chi connectivity index (χ4v) is 9.92. The molecule has 0 unspecified atom stereocenters. The third-order valence-electron chi connectivity index (χ3n) is 12.6. The summed E-state index contributed by atoms with van der Waals surface area (Å²) in [5.74, 6) is -3.76. The van der Waals surface area contributed by atoms with Gasteiger partial charge in [-0.15, -0.1) is 0 Å². The minimum absolute atomic E-state index is 0.110. The Kier molecular flexibility index (Phi) is 10.5. The van der Waals surface area contributed by atoms with Gasteiger partial charge in [0.25, 0.3) is 0 Å². The molecular formula is C36H53F6NO2. The Labute approximate surface area is 265 Å². The van der Waals surface area contributed by atoms with Crippen LogP contribution in [0.4, 0.5) is 26.3 Å². The van der Waals surface area contributed by atoms with Crippen LogP contribution in [-0.2, 0) is 6.42 Å². The molecule has 0 bridgehead atoms. The van der Waals surface area contributed by atoms with Gasteiger partial charge in [0.15, 0.2) is 0 Å². The molecular weight excluding hydrogens is 592 g/mol. The highest BCUT2D eigenvalue weighted by Crippen LogP contribution is 2.66. The minimum atomic E-state index is -5.46. The summed E-state index contributed by atoms with van der Waals surface area (Å²) >= 11 is 0. The van der Waals surface area contributed by atoms with Gasteiger partial charge in [-0.3, -0.25) is 0 Å². The van der Waals surface area contributed by atoms with E-state index in [1.54, 1.807) is 6.07 Å². The average Bonchev–Trinajstić information content (AvgIpc) is 3.49. The van der Waals surface area contributed by atoms with Crippen molar-refractivity contribution in [2.45, 2.75) is 152 Å². The number of aliphatic hydroxyl groups is 1. The second-order valence-electron chi connectivity index (χ2n) is 15.3. The van der Waals surface area contributed by atoms with E-state index in [1.165, 1.54) is 0 Å². The first kappa shape index (κ1) is 34.8. The molecule has 0 radical (unpaired) electrons. The molecule has 4 aliphatic rings. The molecule has 2 saturated carbocycles. The lowest BCUT2D eigenvalue weighted by Crippen LogP contribution is -2.54. The summed E-state index contributed by atoms with van der Waals surface area (Å²) in [7, 11) is 0. The molecule has 1 heterocycles. The van der Waals surface area contributed by atoms with Crippen LogP contribution in [0.25, 0.3) is 0 Å². The number of alkyl halides is 6. The van der Waals surface area contributed by atoms with Crippen molar-refractivity contribution in [1.29, 1.82) is 0 Å². The third-order valence-corrected chi connectivity index (χ3v) is 12.6. The summed E-state index contributed by atoms with van der Waals surface area (Å²) in [6.07, 6.45) is 4.49. The summed E-state index contributed by atoms with van der Waals surface area (Å²) < 4.78 is 79.4. The van der Waals surface area contributed by atoms with E-state index < -0.39 is 35.7 Å². The van der Waals surface area contributed by atoms with E-state index in [0.29, 0.717) is 37.6 Å². The number of benzene rings is 1.